The Morgan fingerprint density at radius 1 is 1.31 bits per heavy atom. The third-order valence-electron chi connectivity index (χ3n) is 2.62. The van der Waals surface area contributed by atoms with Gasteiger partial charge in [0.1, 0.15) is 0 Å². The van der Waals surface area contributed by atoms with Crippen LogP contribution in [0.4, 0.5) is 0 Å². The highest BCUT2D eigenvalue weighted by Gasteiger charge is 2.27. The summed E-state index contributed by atoms with van der Waals surface area (Å²) < 4.78 is 1.90. The van der Waals surface area contributed by atoms with Crippen molar-refractivity contribution in [1.82, 2.24) is 4.68 Å². The maximum Gasteiger partial charge on any atom is 0.0394 e. The molecule has 1 aliphatic carbocycles. The Morgan fingerprint density at radius 2 is 2.00 bits per heavy atom. The lowest BCUT2D eigenvalue weighted by Crippen LogP contribution is -2.05. The van der Waals surface area contributed by atoms with Crippen LogP contribution in [0.5, 0.6) is 0 Å². The van der Waals surface area contributed by atoms with E-state index >= 15 is 0 Å². The highest BCUT2D eigenvalue weighted by molar-refractivity contribution is 5.86. The van der Waals surface area contributed by atoms with Gasteiger partial charge in [0.25, 0.3) is 0 Å². The van der Waals surface area contributed by atoms with Crippen molar-refractivity contribution >= 4 is 5.71 Å². The summed E-state index contributed by atoms with van der Waals surface area (Å²) in [5.41, 5.74) is 1.80. The van der Waals surface area contributed by atoms with Crippen LogP contribution >= 0.6 is 0 Å². The number of hydrogen-bond acceptors (Lipinski definition) is 1. The zero-order chi connectivity index (χ0) is 9.31. The van der Waals surface area contributed by atoms with E-state index in [1.54, 1.807) is 0 Å². The molecule has 2 nitrogen and oxygen atoms in total. The van der Waals surface area contributed by atoms with Gasteiger partial charge in [-0.2, -0.15) is 5.10 Å². The van der Waals surface area contributed by atoms with E-state index in [9.17, 15) is 0 Å². The van der Waals surface area contributed by atoms with Gasteiger partial charge in [0.15, 0.2) is 0 Å². The van der Waals surface area contributed by atoms with E-state index < -0.39 is 0 Å². The van der Waals surface area contributed by atoms with Crippen molar-refractivity contribution < 1.29 is 0 Å². The number of aromatic nitrogens is 1. The molecule has 1 aromatic rings. The van der Waals surface area contributed by atoms with Gasteiger partial charge < -0.3 is 0 Å². The minimum atomic E-state index is 0.464. The molecule has 0 atom stereocenters. The molecule has 0 bridgehead atoms. The van der Waals surface area contributed by atoms with E-state index in [0.29, 0.717) is 5.41 Å². The van der Waals surface area contributed by atoms with Crippen molar-refractivity contribution in [1.29, 1.82) is 0 Å². The Balaban J connectivity index is 2.12. The minimum Gasteiger partial charge on any atom is -0.248 e. The van der Waals surface area contributed by atoms with Crippen molar-refractivity contribution in [2.75, 3.05) is 0 Å². The van der Waals surface area contributed by atoms with E-state index in [4.69, 9.17) is 0 Å². The summed E-state index contributed by atoms with van der Waals surface area (Å²) in [4.78, 5) is 0. The zero-order valence-corrected chi connectivity index (χ0v) is 8.33. The Morgan fingerprint density at radius 3 is 2.54 bits per heavy atom. The van der Waals surface area contributed by atoms with Crippen LogP contribution in [0.3, 0.4) is 0 Å². The maximum atomic E-state index is 4.55. The summed E-state index contributed by atoms with van der Waals surface area (Å²) in [6.07, 6.45) is 7.54. The van der Waals surface area contributed by atoms with Crippen LogP contribution < -0.4 is 0 Å². The van der Waals surface area contributed by atoms with E-state index in [-0.39, 0.29) is 0 Å². The fourth-order valence-corrected chi connectivity index (χ4v) is 1.85. The lowest BCUT2D eigenvalue weighted by Gasteiger charge is -2.13. The second-order valence-electron chi connectivity index (χ2n) is 4.57. The lowest BCUT2D eigenvalue weighted by atomic mass is 9.92. The summed E-state index contributed by atoms with van der Waals surface area (Å²) in [6, 6.07) is 4.01. The fourth-order valence-electron chi connectivity index (χ4n) is 1.85. The van der Waals surface area contributed by atoms with E-state index in [2.05, 4.69) is 18.9 Å². The van der Waals surface area contributed by atoms with Crippen molar-refractivity contribution in [2.45, 2.75) is 33.1 Å². The monoisotopic (exact) mass is 176 g/mol. The largest absolute Gasteiger partial charge is 0.248 e. The van der Waals surface area contributed by atoms with Crippen LogP contribution in [0, 0.1) is 5.41 Å². The third kappa shape index (κ3) is 2.00. The number of rotatable bonds is 1. The molecular weight excluding hydrogens is 160 g/mol. The Hall–Kier alpha value is -1.05. The van der Waals surface area contributed by atoms with Crippen LogP contribution in [0.25, 0.3) is 0 Å². The average Bonchev–Trinajstić information content (AvgIpc) is 2.61. The Bertz CT molecular complexity index is 307. The second-order valence-corrected chi connectivity index (χ2v) is 4.57. The Kier molecular flexibility index (Phi) is 1.98. The normalized spacial score (nSPS) is 24.0. The van der Waals surface area contributed by atoms with Crippen molar-refractivity contribution in [3.63, 3.8) is 0 Å². The standard InChI is InChI=1S/C11H16N2/c1-11(2)6-5-10(9-11)12-13-7-3-4-8-13/h3-4,7-8H,5-6,9H2,1-2H3/b12-10-. The van der Waals surface area contributed by atoms with Crippen molar-refractivity contribution in [3.05, 3.63) is 24.5 Å². The lowest BCUT2D eigenvalue weighted by molar-refractivity contribution is 0.393. The summed E-state index contributed by atoms with van der Waals surface area (Å²) >= 11 is 0. The fraction of sp³-hybridized carbons (Fsp3) is 0.545. The molecule has 0 aliphatic heterocycles. The molecule has 0 amide bonds. The molecule has 2 heteroatoms. The molecular formula is C11H16N2. The minimum absolute atomic E-state index is 0.464. The molecule has 2 rings (SSSR count). The molecule has 1 aliphatic rings. The van der Waals surface area contributed by atoms with Crippen LogP contribution in [-0.2, 0) is 0 Å². The molecule has 13 heavy (non-hydrogen) atoms. The van der Waals surface area contributed by atoms with Crippen LogP contribution in [0.1, 0.15) is 33.1 Å². The number of nitrogens with zero attached hydrogens (tertiary/aromatic N) is 2. The molecule has 0 aromatic carbocycles. The van der Waals surface area contributed by atoms with Crippen molar-refractivity contribution in [2.24, 2.45) is 10.5 Å². The van der Waals surface area contributed by atoms with Gasteiger partial charge in [-0.1, -0.05) is 13.8 Å². The smallest absolute Gasteiger partial charge is 0.0394 e. The van der Waals surface area contributed by atoms with E-state index in [1.807, 2.05) is 29.2 Å². The van der Waals surface area contributed by atoms with Crippen molar-refractivity contribution in [3.8, 4) is 0 Å². The molecule has 1 saturated carbocycles. The van der Waals surface area contributed by atoms with Gasteiger partial charge >= 0.3 is 0 Å². The molecule has 0 N–H and O–H groups in total. The van der Waals surface area contributed by atoms with Gasteiger partial charge in [0, 0.05) is 18.1 Å². The van der Waals surface area contributed by atoms with Crippen LogP contribution in [0.2, 0.25) is 0 Å². The van der Waals surface area contributed by atoms with Crippen LogP contribution in [0.15, 0.2) is 29.6 Å². The van der Waals surface area contributed by atoms with Gasteiger partial charge in [0.2, 0.25) is 0 Å². The maximum absolute atomic E-state index is 4.55. The predicted molar refractivity (Wildman–Crippen MR) is 54.9 cm³/mol. The topological polar surface area (TPSA) is 17.3 Å². The van der Waals surface area contributed by atoms with Gasteiger partial charge in [0.05, 0.1) is 0 Å². The van der Waals surface area contributed by atoms with Crippen LogP contribution in [-0.4, -0.2) is 10.4 Å². The first-order chi connectivity index (χ1) is 6.16. The third-order valence-corrected chi connectivity index (χ3v) is 2.62. The number of hydrogen-bond donors (Lipinski definition) is 0. The molecule has 70 valence electrons. The van der Waals surface area contributed by atoms with E-state index in [0.717, 1.165) is 12.8 Å². The Labute approximate surface area is 79.3 Å². The van der Waals surface area contributed by atoms with E-state index in [1.165, 1.54) is 12.1 Å². The first-order valence-corrected chi connectivity index (χ1v) is 4.85. The van der Waals surface area contributed by atoms with Gasteiger partial charge in [-0.3, -0.25) is 0 Å². The molecule has 0 saturated heterocycles. The highest BCUT2D eigenvalue weighted by Crippen LogP contribution is 2.35. The summed E-state index contributed by atoms with van der Waals surface area (Å²) in [5, 5.41) is 4.55. The molecule has 0 radical (unpaired) electrons. The quantitative estimate of drug-likeness (QED) is 0.626. The molecule has 0 unspecified atom stereocenters. The molecule has 1 fully saturated rings. The van der Waals surface area contributed by atoms with Gasteiger partial charge in [-0.15, -0.1) is 0 Å². The first-order valence-electron chi connectivity index (χ1n) is 4.85. The average molecular weight is 176 g/mol. The van der Waals surface area contributed by atoms with Gasteiger partial charge in [-0.05, 0) is 36.8 Å². The first kappa shape index (κ1) is 8.54. The summed E-state index contributed by atoms with van der Waals surface area (Å²) in [6.45, 7) is 4.62. The summed E-state index contributed by atoms with van der Waals surface area (Å²) in [5.74, 6) is 0. The second kappa shape index (κ2) is 3.02. The summed E-state index contributed by atoms with van der Waals surface area (Å²) in [7, 11) is 0. The molecule has 0 spiro atoms. The molecule has 1 heterocycles. The predicted octanol–water partition coefficient (Wildman–Crippen LogP) is 2.90. The van der Waals surface area contributed by atoms with Gasteiger partial charge in [-0.25, -0.2) is 4.68 Å². The SMILES string of the molecule is CC1(C)CC/C(=N/n2cccc2)C1. The molecule has 1 aromatic heterocycles. The highest BCUT2D eigenvalue weighted by atomic mass is 15.3. The zero-order valence-electron chi connectivity index (χ0n) is 8.33.